The van der Waals surface area contributed by atoms with Gasteiger partial charge in [0, 0.05) is 43.4 Å². The summed E-state index contributed by atoms with van der Waals surface area (Å²) in [7, 11) is 0. The number of carbonyl (C=O) groups is 2. The number of hydrogen-bond acceptors (Lipinski definition) is 5. The van der Waals surface area contributed by atoms with Crippen molar-refractivity contribution in [1.29, 1.82) is 0 Å². The summed E-state index contributed by atoms with van der Waals surface area (Å²) >= 11 is 0. The molecule has 1 fully saturated rings. The third-order valence-corrected chi connectivity index (χ3v) is 4.26. The molecule has 0 aromatic heterocycles. The van der Waals surface area contributed by atoms with Gasteiger partial charge in [-0.1, -0.05) is 18.2 Å². The number of amides is 1. The molecule has 7 nitrogen and oxygen atoms in total. The Morgan fingerprint density at radius 1 is 1.04 bits per heavy atom. The lowest BCUT2D eigenvalue weighted by atomic mass is 10.1. The van der Waals surface area contributed by atoms with Crippen LogP contribution in [-0.2, 0) is 0 Å². The van der Waals surface area contributed by atoms with Crippen molar-refractivity contribution in [1.82, 2.24) is 4.90 Å². The van der Waals surface area contributed by atoms with Crippen LogP contribution in [0.1, 0.15) is 20.7 Å². The average molecular weight is 339 g/mol. The van der Waals surface area contributed by atoms with Crippen molar-refractivity contribution < 1.29 is 14.5 Å². The van der Waals surface area contributed by atoms with Crippen LogP contribution in [0, 0.1) is 10.1 Å². The van der Waals surface area contributed by atoms with E-state index >= 15 is 0 Å². The van der Waals surface area contributed by atoms with E-state index < -0.39 is 4.92 Å². The number of hydrogen-bond donors (Lipinski definition) is 0. The second-order valence-corrected chi connectivity index (χ2v) is 5.77. The Kier molecular flexibility index (Phi) is 4.74. The molecule has 0 bridgehead atoms. The number of carbonyl (C=O) groups excluding carboxylic acids is 2. The Morgan fingerprint density at radius 2 is 1.72 bits per heavy atom. The van der Waals surface area contributed by atoms with E-state index in [2.05, 4.69) is 0 Å². The van der Waals surface area contributed by atoms with Gasteiger partial charge in [0.2, 0.25) is 0 Å². The zero-order chi connectivity index (χ0) is 17.8. The summed E-state index contributed by atoms with van der Waals surface area (Å²) in [6.07, 6.45) is 0.591. The molecule has 2 aromatic carbocycles. The van der Waals surface area contributed by atoms with E-state index in [1.165, 1.54) is 6.07 Å². The standard InChI is InChI=1S/C18H17N3O4/c22-13-14-6-7-16(17(12-14)21(24)25)19-8-10-20(11-9-19)18(23)15-4-2-1-3-5-15/h1-7,12-13H,8-11H2. The van der Waals surface area contributed by atoms with E-state index in [0.717, 1.165) is 0 Å². The predicted octanol–water partition coefficient (Wildman–Crippen LogP) is 2.37. The van der Waals surface area contributed by atoms with E-state index in [9.17, 15) is 19.7 Å². The van der Waals surface area contributed by atoms with Gasteiger partial charge in [-0.25, -0.2) is 0 Å². The first-order valence-corrected chi connectivity index (χ1v) is 7.93. The smallest absolute Gasteiger partial charge is 0.293 e. The van der Waals surface area contributed by atoms with Crippen LogP contribution in [0.25, 0.3) is 0 Å². The zero-order valence-electron chi connectivity index (χ0n) is 13.5. The summed E-state index contributed by atoms with van der Waals surface area (Å²) in [5, 5.41) is 11.3. The minimum Gasteiger partial charge on any atom is -0.362 e. The van der Waals surface area contributed by atoms with Crippen LogP contribution in [0.3, 0.4) is 0 Å². The van der Waals surface area contributed by atoms with Crippen molar-refractivity contribution in [3.05, 3.63) is 69.8 Å². The maximum absolute atomic E-state index is 12.5. The normalized spacial score (nSPS) is 14.2. The first-order valence-electron chi connectivity index (χ1n) is 7.93. The molecule has 1 aliphatic heterocycles. The number of piperazine rings is 1. The van der Waals surface area contributed by atoms with Crippen molar-refractivity contribution in [2.24, 2.45) is 0 Å². The van der Waals surface area contributed by atoms with Crippen LogP contribution in [-0.4, -0.2) is 48.2 Å². The van der Waals surface area contributed by atoms with Gasteiger partial charge in [0.25, 0.3) is 11.6 Å². The average Bonchev–Trinajstić information content (AvgIpc) is 2.67. The minimum atomic E-state index is -0.482. The van der Waals surface area contributed by atoms with Crippen molar-refractivity contribution in [3.8, 4) is 0 Å². The first-order chi connectivity index (χ1) is 12.1. The largest absolute Gasteiger partial charge is 0.362 e. The Balaban J connectivity index is 1.73. The molecule has 25 heavy (non-hydrogen) atoms. The highest BCUT2D eigenvalue weighted by Crippen LogP contribution is 2.29. The Morgan fingerprint density at radius 3 is 2.32 bits per heavy atom. The second-order valence-electron chi connectivity index (χ2n) is 5.77. The topological polar surface area (TPSA) is 83.8 Å². The van der Waals surface area contributed by atoms with Crippen LogP contribution in [0.5, 0.6) is 0 Å². The maximum Gasteiger partial charge on any atom is 0.293 e. The van der Waals surface area contributed by atoms with E-state index in [0.29, 0.717) is 43.7 Å². The number of anilines is 1. The molecule has 1 aliphatic rings. The third kappa shape index (κ3) is 3.50. The maximum atomic E-state index is 12.5. The second kappa shape index (κ2) is 7.12. The van der Waals surface area contributed by atoms with Crippen LogP contribution in [0.15, 0.2) is 48.5 Å². The van der Waals surface area contributed by atoms with Crippen LogP contribution in [0.2, 0.25) is 0 Å². The summed E-state index contributed by atoms with van der Waals surface area (Å²) in [6, 6.07) is 13.5. The van der Waals surface area contributed by atoms with Crippen molar-refractivity contribution in [2.45, 2.75) is 0 Å². The van der Waals surface area contributed by atoms with E-state index in [4.69, 9.17) is 0 Å². The molecule has 128 valence electrons. The van der Waals surface area contributed by atoms with E-state index in [-0.39, 0.29) is 17.2 Å². The fraction of sp³-hybridized carbons (Fsp3) is 0.222. The summed E-state index contributed by atoms with van der Waals surface area (Å²) in [4.78, 5) is 37.7. The molecule has 0 spiro atoms. The lowest BCUT2D eigenvalue weighted by Crippen LogP contribution is -2.49. The van der Waals surface area contributed by atoms with Gasteiger partial charge in [0.1, 0.15) is 12.0 Å². The fourth-order valence-corrected chi connectivity index (χ4v) is 2.94. The molecule has 0 aliphatic carbocycles. The highest BCUT2D eigenvalue weighted by molar-refractivity contribution is 5.94. The van der Waals surface area contributed by atoms with Crippen LogP contribution in [0.4, 0.5) is 11.4 Å². The van der Waals surface area contributed by atoms with Crippen molar-refractivity contribution in [3.63, 3.8) is 0 Å². The number of rotatable bonds is 4. The summed E-state index contributed by atoms with van der Waals surface area (Å²) in [5.41, 5.74) is 1.29. The van der Waals surface area contributed by atoms with E-state index in [1.54, 1.807) is 29.2 Å². The highest BCUT2D eigenvalue weighted by Gasteiger charge is 2.26. The molecule has 2 aromatic rings. The summed E-state index contributed by atoms with van der Waals surface area (Å²) in [6.45, 7) is 1.97. The van der Waals surface area contributed by atoms with Gasteiger partial charge in [-0.3, -0.25) is 19.7 Å². The molecule has 0 saturated carbocycles. The zero-order valence-corrected chi connectivity index (χ0v) is 13.5. The van der Waals surface area contributed by atoms with Crippen molar-refractivity contribution in [2.75, 3.05) is 31.1 Å². The fourth-order valence-electron chi connectivity index (χ4n) is 2.94. The predicted molar refractivity (Wildman–Crippen MR) is 93.0 cm³/mol. The Hall–Kier alpha value is -3.22. The molecular weight excluding hydrogens is 322 g/mol. The molecule has 1 saturated heterocycles. The van der Waals surface area contributed by atoms with Gasteiger partial charge >= 0.3 is 0 Å². The minimum absolute atomic E-state index is 0.0361. The summed E-state index contributed by atoms with van der Waals surface area (Å²) in [5.74, 6) is -0.0361. The van der Waals surface area contributed by atoms with Gasteiger partial charge in [-0.2, -0.15) is 0 Å². The molecule has 0 atom stereocenters. The number of nitro groups is 1. The number of aldehydes is 1. The molecule has 1 heterocycles. The molecule has 1 amide bonds. The Bertz CT molecular complexity index is 799. The molecule has 0 unspecified atom stereocenters. The van der Waals surface area contributed by atoms with Crippen molar-refractivity contribution >= 4 is 23.6 Å². The lowest BCUT2D eigenvalue weighted by molar-refractivity contribution is -0.384. The van der Waals surface area contributed by atoms with Gasteiger partial charge in [-0.15, -0.1) is 0 Å². The van der Waals surface area contributed by atoms with Crippen LogP contribution < -0.4 is 4.90 Å². The quantitative estimate of drug-likeness (QED) is 0.485. The SMILES string of the molecule is O=Cc1ccc(N2CCN(C(=O)c3ccccc3)CC2)c([N+](=O)[O-])c1. The third-order valence-electron chi connectivity index (χ3n) is 4.26. The van der Waals surface area contributed by atoms with Gasteiger partial charge in [0.15, 0.2) is 0 Å². The number of nitrogens with zero attached hydrogens (tertiary/aromatic N) is 3. The van der Waals surface area contributed by atoms with E-state index in [1.807, 2.05) is 23.1 Å². The monoisotopic (exact) mass is 339 g/mol. The molecule has 7 heteroatoms. The highest BCUT2D eigenvalue weighted by atomic mass is 16.6. The Labute approximate surface area is 144 Å². The molecular formula is C18H17N3O4. The lowest BCUT2D eigenvalue weighted by Gasteiger charge is -2.35. The number of benzene rings is 2. The molecule has 0 N–H and O–H groups in total. The molecule has 0 radical (unpaired) electrons. The van der Waals surface area contributed by atoms with Gasteiger partial charge < -0.3 is 9.80 Å². The van der Waals surface area contributed by atoms with Gasteiger partial charge in [0.05, 0.1) is 4.92 Å². The number of nitro benzene ring substituents is 1. The summed E-state index contributed by atoms with van der Waals surface area (Å²) < 4.78 is 0. The first kappa shape index (κ1) is 16.6. The van der Waals surface area contributed by atoms with Gasteiger partial charge in [-0.05, 0) is 24.3 Å². The van der Waals surface area contributed by atoms with Crippen LogP contribution >= 0.6 is 0 Å². The molecule has 3 rings (SSSR count).